The third-order valence-corrected chi connectivity index (χ3v) is 10.1. The fraction of sp³-hybridized carbons (Fsp3) is 0.200. The lowest BCUT2D eigenvalue weighted by molar-refractivity contribution is 0.886. The zero-order valence-electron chi connectivity index (χ0n) is 21.5. The molecule has 0 aliphatic heterocycles. The van der Waals surface area contributed by atoms with Crippen LogP contribution >= 0.6 is 0 Å². The Balaban J connectivity index is 1.59. The maximum absolute atomic E-state index is 2.60. The molecule has 1 heteroatoms. The van der Waals surface area contributed by atoms with Crippen molar-refractivity contribution in [1.29, 1.82) is 0 Å². The largest absolute Gasteiger partial charge is 0.0796 e. The van der Waals surface area contributed by atoms with Gasteiger partial charge < -0.3 is 0 Å². The molecule has 3 aliphatic rings. The third-order valence-electron chi connectivity index (χ3n) is 8.60. The molecule has 7 rings (SSSR count). The molecule has 0 fully saturated rings. The van der Waals surface area contributed by atoms with Crippen LogP contribution in [0.3, 0.4) is 0 Å². The first-order valence-electron chi connectivity index (χ1n) is 13.2. The summed E-state index contributed by atoms with van der Waals surface area (Å²) in [5, 5.41) is 1.61. The smallest absolute Gasteiger partial charge is 0.0671 e. The van der Waals surface area contributed by atoms with Gasteiger partial charge in [-0.25, -0.2) is 0 Å². The minimum Gasteiger partial charge on any atom is -0.0671 e. The zero-order chi connectivity index (χ0) is 24.6. The molecule has 36 heavy (non-hydrogen) atoms. The van der Waals surface area contributed by atoms with E-state index in [0.717, 1.165) is 6.42 Å². The lowest BCUT2D eigenvalue weighted by Crippen LogP contribution is -2.32. The standard InChI is InChI=1S/C35H31Si/c1-21-17-23-11-6-9-15-27(23)32(21)34-30-19-25-13-5-8-14-26(25)29(30)20-31(36(3)4)35(34)33-22(2)18-24-12-7-10-16-28(24)33/h5-18,20,32-33H,19H2,1-4H3. The lowest BCUT2D eigenvalue weighted by atomic mass is 9.76. The number of allylic oxidation sites excluding steroid dienone is 2. The minimum absolute atomic E-state index is 0.320. The number of fused-ring (bicyclic) bond motifs is 5. The highest BCUT2D eigenvalue weighted by molar-refractivity contribution is 6.71. The average molecular weight is 480 g/mol. The van der Waals surface area contributed by atoms with Crippen LogP contribution in [0, 0.1) is 0 Å². The average Bonchev–Trinajstić information content (AvgIpc) is 3.52. The van der Waals surface area contributed by atoms with Crippen LogP contribution < -0.4 is 5.19 Å². The van der Waals surface area contributed by atoms with Gasteiger partial charge in [-0.3, -0.25) is 0 Å². The van der Waals surface area contributed by atoms with Crippen LogP contribution in [0.2, 0.25) is 13.1 Å². The van der Waals surface area contributed by atoms with Crippen molar-refractivity contribution in [3.63, 3.8) is 0 Å². The van der Waals surface area contributed by atoms with E-state index in [0.29, 0.717) is 11.8 Å². The van der Waals surface area contributed by atoms with Gasteiger partial charge in [0.2, 0.25) is 0 Å². The van der Waals surface area contributed by atoms with Crippen LogP contribution in [0.5, 0.6) is 0 Å². The Morgan fingerprint density at radius 1 is 0.639 bits per heavy atom. The Morgan fingerprint density at radius 3 is 1.83 bits per heavy atom. The Kier molecular flexibility index (Phi) is 4.88. The SMILES string of the molecule is CC1=Cc2ccccc2C1c1c([Si](C)C)cc2c(c1C1C(C)=Cc3ccccc31)Cc1ccccc1-2. The normalized spacial score (nSPS) is 19.0. The number of hydrogen-bond donors (Lipinski definition) is 0. The first-order valence-corrected chi connectivity index (χ1v) is 15.7. The topological polar surface area (TPSA) is 0 Å². The van der Waals surface area contributed by atoms with Gasteiger partial charge in [0.1, 0.15) is 0 Å². The number of hydrogen-bond acceptors (Lipinski definition) is 0. The molecule has 3 aliphatic carbocycles. The lowest BCUT2D eigenvalue weighted by Gasteiger charge is -2.31. The summed E-state index contributed by atoms with van der Waals surface area (Å²) in [7, 11) is -0.717. The van der Waals surface area contributed by atoms with E-state index < -0.39 is 8.80 Å². The highest BCUT2D eigenvalue weighted by Crippen LogP contribution is 2.52. The molecule has 0 amide bonds. The van der Waals surface area contributed by atoms with Crippen LogP contribution in [0.15, 0.2) is 90.0 Å². The summed E-state index contributed by atoms with van der Waals surface area (Å²) in [5.74, 6) is 0.654. The molecule has 0 saturated carbocycles. The summed E-state index contributed by atoms with van der Waals surface area (Å²) in [4.78, 5) is 0. The van der Waals surface area contributed by atoms with E-state index in [2.05, 4.69) is 118 Å². The maximum atomic E-state index is 2.60. The molecular weight excluding hydrogens is 448 g/mol. The second-order valence-electron chi connectivity index (χ2n) is 11.0. The van der Waals surface area contributed by atoms with Gasteiger partial charge in [-0.15, -0.1) is 0 Å². The molecule has 4 aromatic carbocycles. The summed E-state index contributed by atoms with van der Waals surface area (Å²) in [6.45, 7) is 9.66. The molecule has 0 nitrogen and oxygen atoms in total. The van der Waals surface area contributed by atoms with Gasteiger partial charge in [0.15, 0.2) is 0 Å². The van der Waals surface area contributed by atoms with E-state index in [1.165, 1.54) is 50.1 Å². The van der Waals surface area contributed by atoms with E-state index in [1.54, 1.807) is 21.9 Å². The molecule has 175 valence electrons. The molecular formula is C35H31Si. The van der Waals surface area contributed by atoms with E-state index in [9.17, 15) is 0 Å². The van der Waals surface area contributed by atoms with Crippen LogP contribution in [-0.2, 0) is 6.42 Å². The monoisotopic (exact) mass is 479 g/mol. The Hall–Kier alpha value is -3.42. The number of rotatable bonds is 3. The predicted octanol–water partition coefficient (Wildman–Crippen LogP) is 8.32. The molecule has 0 spiro atoms. The van der Waals surface area contributed by atoms with Crippen molar-refractivity contribution in [1.82, 2.24) is 0 Å². The van der Waals surface area contributed by atoms with Crippen molar-refractivity contribution >= 4 is 26.1 Å². The second-order valence-corrected chi connectivity index (χ2v) is 13.6. The molecule has 1 radical (unpaired) electrons. The molecule has 0 N–H and O–H groups in total. The van der Waals surface area contributed by atoms with Gasteiger partial charge in [-0.2, -0.15) is 0 Å². The minimum atomic E-state index is -0.717. The van der Waals surface area contributed by atoms with Gasteiger partial charge in [0, 0.05) is 11.8 Å². The van der Waals surface area contributed by atoms with Crippen molar-refractivity contribution in [3.05, 3.63) is 135 Å². The molecule has 4 aromatic rings. The van der Waals surface area contributed by atoms with E-state index >= 15 is 0 Å². The Labute approximate surface area is 216 Å². The molecule has 0 bridgehead atoms. The quantitative estimate of drug-likeness (QED) is 0.228. The summed E-state index contributed by atoms with van der Waals surface area (Å²) in [6, 6.07) is 29.8. The Morgan fingerprint density at radius 2 is 1.19 bits per heavy atom. The Bertz CT molecular complexity index is 1610. The zero-order valence-corrected chi connectivity index (χ0v) is 22.5. The maximum Gasteiger partial charge on any atom is 0.0796 e. The fourth-order valence-corrected chi connectivity index (χ4v) is 8.35. The van der Waals surface area contributed by atoms with Gasteiger partial charge >= 0.3 is 0 Å². The highest BCUT2D eigenvalue weighted by atomic mass is 28.3. The number of benzene rings is 4. The molecule has 2 atom stereocenters. The molecule has 2 unspecified atom stereocenters. The van der Waals surface area contributed by atoms with Crippen LogP contribution in [0.1, 0.15) is 70.2 Å². The van der Waals surface area contributed by atoms with Crippen molar-refractivity contribution in [3.8, 4) is 11.1 Å². The van der Waals surface area contributed by atoms with E-state index in [4.69, 9.17) is 0 Å². The molecule has 0 saturated heterocycles. The molecule has 0 aromatic heterocycles. The van der Waals surface area contributed by atoms with Crippen LogP contribution in [0.25, 0.3) is 23.3 Å². The van der Waals surface area contributed by atoms with Crippen LogP contribution in [-0.4, -0.2) is 8.80 Å². The summed E-state index contributed by atoms with van der Waals surface area (Å²) in [5.41, 5.74) is 17.8. The van der Waals surface area contributed by atoms with Crippen molar-refractivity contribution < 1.29 is 0 Å². The van der Waals surface area contributed by atoms with Crippen molar-refractivity contribution in [2.75, 3.05) is 0 Å². The van der Waals surface area contributed by atoms with Gasteiger partial charge in [-0.1, -0.05) is 120 Å². The van der Waals surface area contributed by atoms with E-state index in [-0.39, 0.29) is 0 Å². The third kappa shape index (κ3) is 3.05. The summed E-state index contributed by atoms with van der Waals surface area (Å²) in [6.07, 6.45) is 5.89. The fourth-order valence-electron chi connectivity index (χ4n) is 7.10. The van der Waals surface area contributed by atoms with E-state index in [1.807, 2.05) is 0 Å². The molecule has 0 heterocycles. The first-order chi connectivity index (χ1) is 17.5. The van der Waals surface area contributed by atoms with Crippen LogP contribution in [0.4, 0.5) is 0 Å². The summed E-state index contributed by atoms with van der Waals surface area (Å²) < 4.78 is 0. The van der Waals surface area contributed by atoms with Gasteiger partial charge in [0.05, 0.1) is 8.80 Å². The highest BCUT2D eigenvalue weighted by Gasteiger charge is 2.38. The van der Waals surface area contributed by atoms with Crippen molar-refractivity contribution in [2.45, 2.75) is 45.2 Å². The second kappa shape index (κ2) is 8.05. The van der Waals surface area contributed by atoms with Crippen molar-refractivity contribution in [2.24, 2.45) is 0 Å². The van der Waals surface area contributed by atoms with Gasteiger partial charge in [0.25, 0.3) is 0 Å². The van der Waals surface area contributed by atoms with Gasteiger partial charge in [-0.05, 0) is 75.9 Å². The summed E-state index contributed by atoms with van der Waals surface area (Å²) >= 11 is 0. The predicted molar refractivity (Wildman–Crippen MR) is 156 cm³/mol. The first kappa shape index (κ1) is 21.8.